The standard InChI is InChI=1S/C29H31F2N7O3S/c1-17(33-4)13-34-28(39)41-19(3)26-35-16-38(37-26)15-29(40,23-11-22(30)9-10-24(23)31)18(2)27-36-25(14-42-27)21-7-5-20(12-32)6-8-21/h5-11,14,16-19,33,40H,13,15H2,1-4H3,(H,34,39)/p+1/t17?,18-,19?,29+/m0/s1. The smallest absolute Gasteiger partial charge is 0.407 e. The number of thiazole rings is 1. The van der Waals surface area contributed by atoms with Crippen LogP contribution in [0.15, 0.2) is 54.2 Å². The Morgan fingerprint density at radius 1 is 1.24 bits per heavy atom. The molecule has 4 N–H and O–H groups in total. The highest BCUT2D eigenvalue weighted by atomic mass is 32.1. The number of rotatable bonds is 11. The second-order valence-corrected chi connectivity index (χ2v) is 10.9. The van der Waals surface area contributed by atoms with Crippen LogP contribution < -0.4 is 15.3 Å². The van der Waals surface area contributed by atoms with Crippen molar-refractivity contribution in [2.75, 3.05) is 13.6 Å². The molecule has 220 valence electrons. The molecule has 0 fully saturated rings. The molecule has 0 saturated heterocycles. The number of aromatic amines is 1. The Hall–Kier alpha value is -4.25. The number of nitrogens with zero attached hydrogens (tertiary/aromatic N) is 4. The fourth-order valence-corrected chi connectivity index (χ4v) is 5.26. The molecule has 0 aliphatic rings. The van der Waals surface area contributed by atoms with E-state index in [1.807, 2.05) is 6.92 Å². The van der Waals surface area contributed by atoms with Gasteiger partial charge in [0.1, 0.15) is 23.8 Å². The van der Waals surface area contributed by atoms with Crippen molar-refractivity contribution in [3.05, 3.63) is 87.8 Å². The van der Waals surface area contributed by atoms with Crippen LogP contribution in [0.5, 0.6) is 0 Å². The second kappa shape index (κ2) is 13.2. The average Bonchev–Trinajstić information content (AvgIpc) is 3.67. The number of likely N-dealkylation sites (N-methyl/N-ethyl adjacent to an activating group) is 1. The third-order valence-electron chi connectivity index (χ3n) is 7.03. The van der Waals surface area contributed by atoms with E-state index in [0.29, 0.717) is 28.6 Å². The molecule has 2 aromatic carbocycles. The number of carbonyl (C=O) groups excluding carboxylic acids is 1. The van der Waals surface area contributed by atoms with Gasteiger partial charge >= 0.3 is 12.4 Å². The molecule has 0 aliphatic heterocycles. The summed E-state index contributed by atoms with van der Waals surface area (Å²) in [6.07, 6.45) is -0.00222. The van der Waals surface area contributed by atoms with E-state index in [0.717, 1.165) is 23.8 Å². The van der Waals surface area contributed by atoms with Gasteiger partial charge in [-0.05, 0) is 56.2 Å². The minimum atomic E-state index is -1.97. The lowest BCUT2D eigenvalue weighted by Crippen LogP contribution is -2.50. The quantitative estimate of drug-likeness (QED) is 0.192. The summed E-state index contributed by atoms with van der Waals surface area (Å²) < 4.78 is 36.3. The first kappa shape index (κ1) is 30.7. The van der Waals surface area contributed by atoms with Crippen LogP contribution in [-0.2, 0) is 16.9 Å². The summed E-state index contributed by atoms with van der Waals surface area (Å²) in [4.78, 5) is 21.1. The molecule has 2 unspecified atom stereocenters. The zero-order chi connectivity index (χ0) is 30.4. The highest BCUT2D eigenvalue weighted by Gasteiger charge is 2.43. The summed E-state index contributed by atoms with van der Waals surface area (Å²) in [6, 6.07) is 12.0. The summed E-state index contributed by atoms with van der Waals surface area (Å²) in [5.74, 6) is -1.98. The minimum absolute atomic E-state index is 0.0551. The number of nitriles is 1. The molecular weight excluding hydrogens is 564 g/mol. The van der Waals surface area contributed by atoms with E-state index in [9.17, 15) is 14.3 Å². The fraction of sp³-hybridized carbons (Fsp3) is 0.345. The molecule has 42 heavy (non-hydrogen) atoms. The Balaban J connectivity index is 1.60. The van der Waals surface area contributed by atoms with E-state index in [4.69, 9.17) is 10.00 Å². The molecule has 2 aromatic heterocycles. The maximum absolute atomic E-state index is 15.1. The predicted octanol–water partition coefficient (Wildman–Crippen LogP) is 4.06. The molecule has 13 heteroatoms. The lowest BCUT2D eigenvalue weighted by molar-refractivity contribution is -0.765. The normalized spacial score (nSPS) is 14.8. The van der Waals surface area contributed by atoms with E-state index in [2.05, 4.69) is 31.8 Å². The van der Waals surface area contributed by atoms with Crippen LogP contribution in [0.25, 0.3) is 11.3 Å². The van der Waals surface area contributed by atoms with Crippen molar-refractivity contribution in [2.45, 2.75) is 51.0 Å². The largest absolute Gasteiger partial charge is 0.436 e. The number of ether oxygens (including phenoxy) is 1. The maximum atomic E-state index is 15.1. The number of halogens is 2. The number of aliphatic hydroxyl groups is 1. The first-order valence-electron chi connectivity index (χ1n) is 13.2. The van der Waals surface area contributed by atoms with E-state index in [-0.39, 0.29) is 18.2 Å². The number of nitrogens with one attached hydrogen (secondary N) is 3. The van der Waals surface area contributed by atoms with E-state index in [1.165, 1.54) is 22.3 Å². The molecule has 0 bridgehead atoms. The number of benzene rings is 2. The lowest BCUT2D eigenvalue weighted by Gasteiger charge is -2.32. The van der Waals surface area contributed by atoms with Crippen molar-refractivity contribution in [1.82, 2.24) is 25.7 Å². The number of aromatic nitrogens is 4. The van der Waals surface area contributed by atoms with Gasteiger partial charge in [0.25, 0.3) is 5.82 Å². The van der Waals surface area contributed by atoms with Crippen LogP contribution >= 0.6 is 11.3 Å². The number of amides is 1. The molecule has 10 nitrogen and oxygen atoms in total. The van der Waals surface area contributed by atoms with Gasteiger partial charge in [-0.3, -0.25) is 0 Å². The van der Waals surface area contributed by atoms with Gasteiger partial charge in [0.05, 0.1) is 22.3 Å². The van der Waals surface area contributed by atoms with Gasteiger partial charge in [0.2, 0.25) is 0 Å². The SMILES string of the molecule is CNC(C)CNC(=O)OC(C)c1nc[n+](C[C@](O)(c2cc(F)ccc2F)[C@@H](C)c2nc(-c3ccc(C#N)cc3)cs2)[nH]1. The number of alkyl carbamates (subject to hydrolysis) is 1. The van der Waals surface area contributed by atoms with Crippen LogP contribution in [-0.4, -0.2) is 45.9 Å². The lowest BCUT2D eigenvalue weighted by atomic mass is 9.82. The summed E-state index contributed by atoms with van der Waals surface area (Å²) in [5, 5.41) is 32.1. The van der Waals surface area contributed by atoms with Gasteiger partial charge in [-0.25, -0.2) is 18.6 Å². The van der Waals surface area contributed by atoms with Gasteiger partial charge in [0, 0.05) is 35.0 Å². The third-order valence-corrected chi connectivity index (χ3v) is 8.06. The zero-order valence-electron chi connectivity index (χ0n) is 23.6. The highest BCUT2D eigenvalue weighted by molar-refractivity contribution is 7.10. The summed E-state index contributed by atoms with van der Waals surface area (Å²) in [6.45, 7) is 5.35. The van der Waals surface area contributed by atoms with Crippen molar-refractivity contribution in [3.8, 4) is 17.3 Å². The fourth-order valence-electron chi connectivity index (χ4n) is 4.29. The minimum Gasteiger partial charge on any atom is -0.436 e. The topological polar surface area (TPSA) is 140 Å². The number of hydrogen-bond donors (Lipinski definition) is 4. The van der Waals surface area contributed by atoms with Crippen LogP contribution in [0.4, 0.5) is 13.6 Å². The average molecular weight is 597 g/mol. The summed E-state index contributed by atoms with van der Waals surface area (Å²) >= 11 is 1.27. The molecule has 4 rings (SSSR count). The van der Waals surface area contributed by atoms with Gasteiger partial charge in [0.15, 0.2) is 6.10 Å². The van der Waals surface area contributed by atoms with Crippen molar-refractivity contribution in [2.24, 2.45) is 0 Å². The first-order valence-corrected chi connectivity index (χ1v) is 14.1. The first-order chi connectivity index (χ1) is 20.0. The summed E-state index contributed by atoms with van der Waals surface area (Å²) in [5.41, 5.74) is -0.298. The monoisotopic (exact) mass is 596 g/mol. The van der Waals surface area contributed by atoms with E-state index >= 15 is 4.39 Å². The molecule has 4 aromatic rings. The molecule has 2 heterocycles. The van der Waals surface area contributed by atoms with Gasteiger partial charge in [-0.15, -0.1) is 11.3 Å². The highest BCUT2D eigenvalue weighted by Crippen LogP contribution is 2.41. The third kappa shape index (κ3) is 6.96. The van der Waals surface area contributed by atoms with Gasteiger partial charge in [-0.1, -0.05) is 19.1 Å². The van der Waals surface area contributed by atoms with Crippen molar-refractivity contribution >= 4 is 17.4 Å². The molecular formula is C29H32F2N7O3S+. The Morgan fingerprint density at radius 2 is 1.98 bits per heavy atom. The van der Waals surface area contributed by atoms with Crippen LogP contribution in [0.2, 0.25) is 0 Å². The van der Waals surface area contributed by atoms with Crippen molar-refractivity contribution in [3.63, 3.8) is 0 Å². The zero-order valence-corrected chi connectivity index (χ0v) is 24.4. The van der Waals surface area contributed by atoms with Gasteiger partial charge < -0.3 is 20.5 Å². The number of H-pyrrole nitrogens is 1. The molecule has 4 atom stereocenters. The van der Waals surface area contributed by atoms with Crippen LogP contribution in [0.1, 0.15) is 54.8 Å². The van der Waals surface area contributed by atoms with E-state index in [1.54, 1.807) is 50.5 Å². The number of carbonyl (C=O) groups is 1. The second-order valence-electron chi connectivity index (χ2n) is 10.0. The molecule has 0 spiro atoms. The molecule has 0 radical (unpaired) electrons. The van der Waals surface area contributed by atoms with Gasteiger partial charge in [-0.2, -0.15) is 15.0 Å². The molecule has 0 saturated carbocycles. The van der Waals surface area contributed by atoms with Crippen LogP contribution in [0, 0.1) is 23.0 Å². The Bertz CT molecular complexity index is 1570. The predicted molar refractivity (Wildman–Crippen MR) is 151 cm³/mol. The van der Waals surface area contributed by atoms with Crippen molar-refractivity contribution < 1.29 is 28.1 Å². The Morgan fingerprint density at radius 3 is 2.67 bits per heavy atom. The molecule has 0 aliphatic carbocycles. The van der Waals surface area contributed by atoms with Crippen LogP contribution in [0.3, 0.4) is 0 Å². The Kier molecular flexibility index (Phi) is 9.62. The molecule has 1 amide bonds. The Labute approximate surface area is 246 Å². The summed E-state index contributed by atoms with van der Waals surface area (Å²) in [7, 11) is 1.78. The number of hydrogen-bond acceptors (Lipinski definition) is 8. The maximum Gasteiger partial charge on any atom is 0.407 e. The van der Waals surface area contributed by atoms with E-state index < -0.39 is 35.4 Å². The van der Waals surface area contributed by atoms with Crippen molar-refractivity contribution in [1.29, 1.82) is 5.26 Å².